The van der Waals surface area contributed by atoms with E-state index in [0.717, 1.165) is 13.2 Å². The summed E-state index contributed by atoms with van der Waals surface area (Å²) in [6.07, 6.45) is 0. The Morgan fingerprint density at radius 1 is 1.25 bits per heavy atom. The van der Waals surface area contributed by atoms with Crippen molar-refractivity contribution in [3.63, 3.8) is 0 Å². The van der Waals surface area contributed by atoms with Crippen molar-refractivity contribution in [1.82, 2.24) is 10.0 Å². The van der Waals surface area contributed by atoms with Crippen molar-refractivity contribution in [3.8, 4) is 5.75 Å². The number of hydrogen-bond donors (Lipinski definition) is 2. The van der Waals surface area contributed by atoms with E-state index in [0.29, 0.717) is 25.8 Å². The van der Waals surface area contributed by atoms with Crippen LogP contribution < -0.4 is 14.8 Å². The Kier molecular flexibility index (Phi) is 9.70. The molecule has 0 aliphatic heterocycles. The Balaban J connectivity index is 0.00000529. The highest BCUT2D eigenvalue weighted by Crippen LogP contribution is 2.32. The van der Waals surface area contributed by atoms with E-state index in [1.165, 1.54) is 7.11 Å². The molecule has 1 rings (SSSR count). The number of benzene rings is 1. The van der Waals surface area contributed by atoms with E-state index in [2.05, 4.69) is 14.8 Å². The van der Waals surface area contributed by atoms with Gasteiger partial charge in [-0.1, -0.05) is 0 Å². The van der Waals surface area contributed by atoms with Gasteiger partial charge in [-0.25, -0.2) is 17.5 Å². The van der Waals surface area contributed by atoms with Gasteiger partial charge in [0.15, 0.2) is 5.82 Å². The molecule has 0 saturated heterocycles. The number of ether oxygens (including phenoxy) is 2. The summed E-state index contributed by atoms with van der Waals surface area (Å²) >= 11 is 0. The fourth-order valence-electron chi connectivity index (χ4n) is 1.70. The number of nitro groups is 1. The summed E-state index contributed by atoms with van der Waals surface area (Å²) in [5, 5.41) is 13.8. The summed E-state index contributed by atoms with van der Waals surface area (Å²) in [4.78, 5) is 9.44. The van der Waals surface area contributed by atoms with Crippen LogP contribution in [0.25, 0.3) is 0 Å². The lowest BCUT2D eigenvalue weighted by molar-refractivity contribution is -0.386. The molecule has 0 aliphatic carbocycles. The Labute approximate surface area is 145 Å². The van der Waals surface area contributed by atoms with E-state index in [1.807, 2.05) is 0 Å². The summed E-state index contributed by atoms with van der Waals surface area (Å²) in [5.74, 6) is -1.74. The van der Waals surface area contributed by atoms with Gasteiger partial charge in [0.1, 0.15) is 0 Å². The lowest BCUT2D eigenvalue weighted by Gasteiger charge is -2.09. The molecule has 0 fully saturated rings. The van der Waals surface area contributed by atoms with Gasteiger partial charge < -0.3 is 14.8 Å². The Morgan fingerprint density at radius 3 is 2.46 bits per heavy atom. The molecule has 1 aromatic carbocycles. The zero-order valence-electron chi connectivity index (χ0n) is 13.1. The van der Waals surface area contributed by atoms with Crippen molar-refractivity contribution in [3.05, 3.63) is 28.1 Å². The summed E-state index contributed by atoms with van der Waals surface area (Å²) in [5.41, 5.74) is -0.758. The highest BCUT2D eigenvalue weighted by molar-refractivity contribution is 7.89. The maximum Gasteiger partial charge on any atom is 0.315 e. The summed E-state index contributed by atoms with van der Waals surface area (Å²) < 4.78 is 49.5. The van der Waals surface area contributed by atoms with E-state index in [9.17, 15) is 22.9 Å². The average Bonchev–Trinajstić information content (AvgIpc) is 2.49. The molecule has 0 heterocycles. The first kappa shape index (κ1) is 22.5. The SMILES string of the molecule is COCCNCCNS(=O)(=O)c1cc(F)c(OC)c([N+](=O)[O-])c1.Cl. The second-order valence-corrected chi connectivity index (χ2v) is 6.12. The molecule has 12 heteroatoms. The molecule has 0 saturated carbocycles. The van der Waals surface area contributed by atoms with Crippen molar-refractivity contribution in [2.45, 2.75) is 4.90 Å². The Morgan fingerprint density at radius 2 is 1.92 bits per heavy atom. The first-order valence-corrected chi connectivity index (χ1v) is 8.03. The predicted molar refractivity (Wildman–Crippen MR) is 86.8 cm³/mol. The molecule has 0 aliphatic rings. The molecule has 2 N–H and O–H groups in total. The van der Waals surface area contributed by atoms with E-state index in [4.69, 9.17) is 4.74 Å². The maximum atomic E-state index is 13.8. The zero-order valence-corrected chi connectivity index (χ0v) is 14.7. The van der Waals surface area contributed by atoms with Gasteiger partial charge in [-0.2, -0.15) is 0 Å². The minimum absolute atomic E-state index is 0. The van der Waals surface area contributed by atoms with Gasteiger partial charge in [-0.3, -0.25) is 10.1 Å². The quantitative estimate of drug-likeness (QED) is 0.344. The second-order valence-electron chi connectivity index (χ2n) is 4.36. The highest BCUT2D eigenvalue weighted by atomic mass is 35.5. The van der Waals surface area contributed by atoms with Crippen LogP contribution in [0.4, 0.5) is 10.1 Å². The Bertz CT molecular complexity index is 658. The largest absolute Gasteiger partial charge is 0.488 e. The number of sulfonamides is 1. The van der Waals surface area contributed by atoms with Gasteiger partial charge in [-0.15, -0.1) is 12.4 Å². The van der Waals surface area contributed by atoms with E-state index in [1.54, 1.807) is 0 Å². The molecule has 0 spiro atoms. The lowest BCUT2D eigenvalue weighted by atomic mass is 10.3. The molecule has 1 aromatic rings. The molecule has 0 radical (unpaired) electrons. The van der Waals surface area contributed by atoms with Crippen LogP contribution in [0, 0.1) is 15.9 Å². The summed E-state index contributed by atoms with van der Waals surface area (Å²) in [6.45, 7) is 1.38. The standard InChI is InChI=1S/C12H18FN3O6S.ClH/c1-21-6-5-14-3-4-15-23(19,20)9-7-10(13)12(22-2)11(8-9)16(17)18;/h7-8,14-15H,3-6H2,1-2H3;1H. The number of nitrogens with one attached hydrogen (secondary N) is 2. The normalized spacial score (nSPS) is 11.0. The number of hydrogen-bond acceptors (Lipinski definition) is 7. The van der Waals surface area contributed by atoms with E-state index in [-0.39, 0.29) is 19.0 Å². The third-order valence-electron chi connectivity index (χ3n) is 2.79. The van der Waals surface area contributed by atoms with Crippen molar-refractivity contribution in [1.29, 1.82) is 0 Å². The first-order valence-electron chi connectivity index (χ1n) is 6.54. The second kappa shape index (κ2) is 10.4. The number of methoxy groups -OCH3 is 2. The zero-order chi connectivity index (χ0) is 17.5. The van der Waals surface area contributed by atoms with Crippen LogP contribution in [0.15, 0.2) is 17.0 Å². The van der Waals surface area contributed by atoms with Crippen molar-refractivity contribution in [2.24, 2.45) is 0 Å². The molecule has 0 amide bonds. The minimum Gasteiger partial charge on any atom is -0.488 e. The van der Waals surface area contributed by atoms with Crippen molar-refractivity contribution >= 4 is 28.1 Å². The third-order valence-corrected chi connectivity index (χ3v) is 4.23. The molecule has 24 heavy (non-hydrogen) atoms. The van der Waals surface area contributed by atoms with Crippen LogP contribution in [0.3, 0.4) is 0 Å². The Hall–Kier alpha value is -1.53. The van der Waals surface area contributed by atoms with Crippen LogP contribution in [0.5, 0.6) is 5.75 Å². The van der Waals surface area contributed by atoms with Gasteiger partial charge in [0.2, 0.25) is 15.8 Å². The fourth-order valence-corrected chi connectivity index (χ4v) is 2.77. The number of rotatable bonds is 10. The van der Waals surface area contributed by atoms with Gasteiger partial charge in [0.25, 0.3) is 0 Å². The lowest BCUT2D eigenvalue weighted by Crippen LogP contribution is -2.33. The average molecular weight is 388 g/mol. The molecule has 0 aromatic heterocycles. The summed E-state index contributed by atoms with van der Waals surface area (Å²) in [7, 11) is -1.48. The van der Waals surface area contributed by atoms with E-state index >= 15 is 0 Å². The van der Waals surface area contributed by atoms with Gasteiger partial charge >= 0.3 is 5.69 Å². The van der Waals surface area contributed by atoms with E-state index < -0.39 is 37.1 Å². The number of halogens is 2. The number of nitrogens with zero attached hydrogens (tertiary/aromatic N) is 1. The van der Waals surface area contributed by atoms with Gasteiger partial charge in [0.05, 0.1) is 23.5 Å². The van der Waals surface area contributed by atoms with Gasteiger partial charge in [0, 0.05) is 32.8 Å². The third kappa shape index (κ3) is 6.17. The van der Waals surface area contributed by atoms with Crippen molar-refractivity contribution in [2.75, 3.05) is 40.5 Å². The fraction of sp³-hybridized carbons (Fsp3) is 0.500. The smallest absolute Gasteiger partial charge is 0.315 e. The van der Waals surface area contributed by atoms with Crippen molar-refractivity contribution < 1.29 is 27.2 Å². The van der Waals surface area contributed by atoms with Crippen LogP contribution in [0.2, 0.25) is 0 Å². The first-order chi connectivity index (χ1) is 10.8. The molecule has 9 nitrogen and oxygen atoms in total. The molecule has 0 unspecified atom stereocenters. The predicted octanol–water partition coefficient (Wildman–Crippen LogP) is 0.679. The molecular weight excluding hydrogens is 369 g/mol. The topological polar surface area (TPSA) is 120 Å². The van der Waals surface area contributed by atoms with Crippen LogP contribution >= 0.6 is 12.4 Å². The number of nitro benzene ring substituents is 1. The minimum atomic E-state index is -4.08. The van der Waals surface area contributed by atoms with Crippen LogP contribution in [-0.4, -0.2) is 53.8 Å². The highest BCUT2D eigenvalue weighted by Gasteiger charge is 2.25. The summed E-state index contributed by atoms with van der Waals surface area (Å²) in [6, 6.07) is 1.43. The molecule has 0 bridgehead atoms. The molecule has 0 atom stereocenters. The molecule has 138 valence electrons. The van der Waals surface area contributed by atoms with Gasteiger partial charge in [-0.05, 0) is 6.07 Å². The monoisotopic (exact) mass is 387 g/mol. The van der Waals surface area contributed by atoms with Crippen LogP contribution in [-0.2, 0) is 14.8 Å². The maximum absolute atomic E-state index is 13.8. The van der Waals surface area contributed by atoms with Crippen LogP contribution in [0.1, 0.15) is 0 Å². The molecular formula is C12H19ClFN3O6S.